The van der Waals surface area contributed by atoms with Crippen LogP contribution in [0.5, 0.6) is 5.75 Å². The van der Waals surface area contributed by atoms with Crippen molar-refractivity contribution in [3.8, 4) is 5.75 Å². The first-order valence-electron chi connectivity index (χ1n) is 10.5. The summed E-state index contributed by atoms with van der Waals surface area (Å²) in [6.45, 7) is 0. The topological polar surface area (TPSA) is 73.6 Å². The minimum absolute atomic E-state index is 0.224. The van der Waals surface area contributed by atoms with Gasteiger partial charge in [0, 0.05) is 5.92 Å². The molecule has 1 aliphatic heterocycles. The van der Waals surface area contributed by atoms with Crippen molar-refractivity contribution >= 4 is 22.5 Å². The first-order chi connectivity index (χ1) is 15.6. The molecule has 0 radical (unpaired) electrons. The van der Waals surface area contributed by atoms with Crippen molar-refractivity contribution in [1.29, 1.82) is 0 Å². The van der Waals surface area contributed by atoms with E-state index in [4.69, 9.17) is 9.15 Å². The van der Waals surface area contributed by atoms with E-state index in [1.165, 1.54) is 0 Å². The van der Waals surface area contributed by atoms with E-state index in [2.05, 4.69) is 0 Å². The maximum absolute atomic E-state index is 13.7. The molecule has 32 heavy (non-hydrogen) atoms. The van der Waals surface area contributed by atoms with Crippen LogP contribution >= 0.6 is 0 Å². The van der Waals surface area contributed by atoms with Gasteiger partial charge in [0.1, 0.15) is 17.3 Å². The molecule has 0 bridgehead atoms. The summed E-state index contributed by atoms with van der Waals surface area (Å²) >= 11 is 0. The smallest absolute Gasteiger partial charge is 0.343 e. The summed E-state index contributed by atoms with van der Waals surface area (Å²) in [5.41, 5.74) is 1.57. The Bertz CT molecular complexity index is 1420. The molecule has 6 rings (SSSR count). The predicted molar refractivity (Wildman–Crippen MR) is 118 cm³/mol. The number of para-hydroxylation sites is 1. The number of carbonyl (C=O) groups excluding carboxylic acids is 2. The number of carbonyl (C=O) groups is 2. The van der Waals surface area contributed by atoms with E-state index >= 15 is 0 Å². The van der Waals surface area contributed by atoms with Crippen molar-refractivity contribution in [2.24, 2.45) is 5.92 Å². The van der Waals surface area contributed by atoms with E-state index in [-0.39, 0.29) is 11.6 Å². The molecule has 0 saturated heterocycles. The van der Waals surface area contributed by atoms with Crippen LogP contribution in [-0.2, 0) is 9.59 Å². The summed E-state index contributed by atoms with van der Waals surface area (Å²) < 4.78 is 11.8. The van der Waals surface area contributed by atoms with Gasteiger partial charge in [0.2, 0.25) is 0 Å². The number of hydrogen-bond donors (Lipinski definition) is 0. The molecule has 2 aliphatic rings. The number of ether oxygens (including phenoxy) is 1. The van der Waals surface area contributed by atoms with Gasteiger partial charge in [0.25, 0.3) is 0 Å². The first-order valence-corrected chi connectivity index (χ1v) is 10.5. The molecule has 5 heteroatoms. The van der Waals surface area contributed by atoms with E-state index in [1.54, 1.807) is 30.3 Å². The molecule has 1 saturated carbocycles. The monoisotopic (exact) mass is 422 g/mol. The van der Waals surface area contributed by atoms with Gasteiger partial charge in [-0.1, -0.05) is 72.8 Å². The number of rotatable bonds is 2. The average molecular weight is 422 g/mol. The number of Topliss-reactive ketones (excluding diaryl/α,β-unsaturated/α-hetero) is 2. The lowest BCUT2D eigenvalue weighted by Gasteiger charge is -2.34. The van der Waals surface area contributed by atoms with E-state index < -0.39 is 29.5 Å². The van der Waals surface area contributed by atoms with Crippen molar-refractivity contribution in [3.05, 3.63) is 112 Å². The van der Waals surface area contributed by atoms with E-state index in [9.17, 15) is 14.4 Å². The van der Waals surface area contributed by atoms with Crippen LogP contribution in [0.15, 0.2) is 94.1 Å². The number of hydrogen-bond acceptors (Lipinski definition) is 5. The number of benzene rings is 3. The zero-order chi connectivity index (χ0) is 21.8. The Balaban J connectivity index is 1.62. The molecular weight excluding hydrogens is 404 g/mol. The highest BCUT2D eigenvalue weighted by Crippen LogP contribution is 2.51. The van der Waals surface area contributed by atoms with Gasteiger partial charge in [-0.2, -0.15) is 0 Å². The van der Waals surface area contributed by atoms with Gasteiger partial charge < -0.3 is 9.15 Å². The van der Waals surface area contributed by atoms with Crippen LogP contribution in [0.3, 0.4) is 0 Å². The van der Waals surface area contributed by atoms with E-state index in [0.29, 0.717) is 27.8 Å². The summed E-state index contributed by atoms with van der Waals surface area (Å²) in [6, 6.07) is 25.5. The molecule has 3 aromatic carbocycles. The highest BCUT2D eigenvalue weighted by atomic mass is 16.5. The summed E-state index contributed by atoms with van der Waals surface area (Å²) in [4.78, 5) is 40.3. The Labute approximate surface area is 183 Å². The van der Waals surface area contributed by atoms with E-state index in [0.717, 1.165) is 5.56 Å². The second-order valence-corrected chi connectivity index (χ2v) is 8.23. The van der Waals surface area contributed by atoms with Crippen LogP contribution in [0.1, 0.15) is 28.5 Å². The van der Waals surface area contributed by atoms with Crippen molar-refractivity contribution in [1.82, 2.24) is 0 Å². The Morgan fingerprint density at radius 1 is 0.656 bits per heavy atom. The van der Waals surface area contributed by atoms with Gasteiger partial charge in [0.05, 0.1) is 16.9 Å². The molecule has 4 aromatic rings. The second kappa shape index (κ2) is 7.02. The fourth-order valence-electron chi connectivity index (χ4n) is 5.14. The van der Waals surface area contributed by atoms with Crippen molar-refractivity contribution in [3.63, 3.8) is 0 Å². The summed E-state index contributed by atoms with van der Waals surface area (Å²) in [7, 11) is 0. The van der Waals surface area contributed by atoms with Crippen LogP contribution in [-0.4, -0.2) is 17.7 Å². The highest BCUT2D eigenvalue weighted by Gasteiger charge is 2.58. The SMILES string of the molecule is O=C1C(c2ccccc2)C(=O)C2C1Oc1c(c(=O)oc3ccccc13)C2c1ccccc1. The summed E-state index contributed by atoms with van der Waals surface area (Å²) in [5.74, 6) is -2.50. The maximum Gasteiger partial charge on any atom is 0.343 e. The molecule has 5 nitrogen and oxygen atoms in total. The van der Waals surface area contributed by atoms with Crippen LogP contribution in [0.4, 0.5) is 0 Å². The highest BCUT2D eigenvalue weighted by molar-refractivity contribution is 6.18. The molecule has 0 N–H and O–H groups in total. The van der Waals surface area contributed by atoms with Crippen LogP contribution in [0, 0.1) is 5.92 Å². The molecule has 4 unspecified atom stereocenters. The van der Waals surface area contributed by atoms with Crippen molar-refractivity contribution in [2.75, 3.05) is 0 Å². The van der Waals surface area contributed by atoms with Gasteiger partial charge in [-0.3, -0.25) is 9.59 Å². The second-order valence-electron chi connectivity index (χ2n) is 8.23. The van der Waals surface area contributed by atoms with Gasteiger partial charge in [-0.05, 0) is 23.3 Å². The number of ketones is 2. The Hall–Kier alpha value is -3.99. The third kappa shape index (κ3) is 2.61. The fourth-order valence-corrected chi connectivity index (χ4v) is 5.14. The first kappa shape index (κ1) is 18.8. The van der Waals surface area contributed by atoms with Crippen molar-refractivity contribution in [2.45, 2.75) is 17.9 Å². The molecule has 2 heterocycles. The molecule has 1 aromatic heterocycles. The minimum Gasteiger partial charge on any atom is -0.480 e. The summed E-state index contributed by atoms with van der Waals surface area (Å²) in [5, 5.41) is 0.616. The quantitative estimate of drug-likeness (QED) is 0.357. The lowest BCUT2D eigenvalue weighted by atomic mass is 9.76. The van der Waals surface area contributed by atoms with Crippen LogP contribution in [0.25, 0.3) is 11.0 Å². The van der Waals surface area contributed by atoms with Gasteiger partial charge in [-0.15, -0.1) is 0 Å². The average Bonchev–Trinajstić information content (AvgIpc) is 3.08. The van der Waals surface area contributed by atoms with Gasteiger partial charge in [0.15, 0.2) is 17.7 Å². The molecule has 0 spiro atoms. The Morgan fingerprint density at radius 2 is 1.28 bits per heavy atom. The molecule has 4 atom stereocenters. The zero-order valence-electron chi connectivity index (χ0n) is 16.9. The lowest BCUT2D eigenvalue weighted by molar-refractivity contribution is -0.126. The molecule has 1 aliphatic carbocycles. The fraction of sp³-hybridized carbons (Fsp3) is 0.148. The predicted octanol–water partition coefficient (Wildman–Crippen LogP) is 4.24. The van der Waals surface area contributed by atoms with Crippen molar-refractivity contribution < 1.29 is 18.7 Å². The molecule has 1 fully saturated rings. The largest absolute Gasteiger partial charge is 0.480 e. The van der Waals surface area contributed by atoms with E-state index in [1.807, 2.05) is 54.6 Å². The normalized spacial score (nSPS) is 24.1. The van der Waals surface area contributed by atoms with Crippen LogP contribution < -0.4 is 10.4 Å². The lowest BCUT2D eigenvalue weighted by Crippen LogP contribution is -2.41. The molecular formula is C27H18O5. The molecule has 156 valence electrons. The molecule has 0 amide bonds. The Kier molecular flexibility index (Phi) is 4.12. The maximum atomic E-state index is 13.7. The third-order valence-electron chi connectivity index (χ3n) is 6.51. The number of fused-ring (bicyclic) bond motifs is 4. The minimum atomic E-state index is -0.962. The third-order valence-corrected chi connectivity index (χ3v) is 6.51. The van der Waals surface area contributed by atoms with Crippen LogP contribution in [0.2, 0.25) is 0 Å². The Morgan fingerprint density at radius 3 is 2.00 bits per heavy atom. The van der Waals surface area contributed by atoms with Gasteiger partial charge in [-0.25, -0.2) is 4.79 Å². The van der Waals surface area contributed by atoms with Gasteiger partial charge >= 0.3 is 5.63 Å². The zero-order valence-corrected chi connectivity index (χ0v) is 16.9. The summed E-state index contributed by atoms with van der Waals surface area (Å²) in [6.07, 6.45) is -0.962. The standard InChI is InChI=1S/C27H18O5/c28-23-20(16-11-5-2-6-12-16)24(29)26-21(23)19(15-9-3-1-4-10-15)22-25(32-26)17-13-7-8-14-18(17)31-27(22)30/h1-14,19-21,26H.